The number of nitrogens with one attached hydrogen (secondary N) is 2. The summed E-state index contributed by atoms with van der Waals surface area (Å²) in [7, 11) is 0. The van der Waals surface area contributed by atoms with Crippen LogP contribution in [0.1, 0.15) is 31.9 Å². The first-order valence-corrected chi connectivity index (χ1v) is 14.3. The largest absolute Gasteiger partial charge is 0.490 e. The predicted molar refractivity (Wildman–Crippen MR) is 164 cm³/mol. The van der Waals surface area contributed by atoms with Gasteiger partial charge < -0.3 is 24.3 Å². The van der Waals surface area contributed by atoms with Gasteiger partial charge in [-0.05, 0) is 68.3 Å². The molecule has 0 heterocycles. The minimum absolute atomic E-state index is 0.212. The van der Waals surface area contributed by atoms with Crippen molar-refractivity contribution >= 4 is 47.2 Å². The molecule has 2 N–H and O–H groups in total. The highest BCUT2D eigenvalue weighted by Gasteiger charge is 2.25. The normalized spacial score (nSPS) is 12.2. The van der Waals surface area contributed by atoms with Gasteiger partial charge in [0.05, 0.1) is 24.5 Å². The Morgan fingerprint density at radius 1 is 0.884 bits per heavy atom. The van der Waals surface area contributed by atoms with Crippen molar-refractivity contribution in [2.24, 2.45) is 5.10 Å². The van der Waals surface area contributed by atoms with Crippen LogP contribution in [0.25, 0.3) is 0 Å². The van der Waals surface area contributed by atoms with E-state index in [2.05, 4.69) is 15.8 Å². The second kappa shape index (κ2) is 17.0. The van der Waals surface area contributed by atoms with E-state index in [1.807, 2.05) is 37.3 Å². The highest BCUT2D eigenvalue weighted by Crippen LogP contribution is 2.29. The van der Waals surface area contributed by atoms with Gasteiger partial charge in [0, 0.05) is 11.4 Å². The topological polar surface area (TPSA) is 125 Å². The lowest BCUT2D eigenvalue weighted by atomic mass is 10.1. The molecule has 0 aliphatic heterocycles. The summed E-state index contributed by atoms with van der Waals surface area (Å²) < 4.78 is 21.7. The number of ether oxygens (including phenoxy) is 4. The highest BCUT2D eigenvalue weighted by molar-refractivity contribution is 6.35. The molecule has 0 saturated carbocycles. The van der Waals surface area contributed by atoms with Crippen LogP contribution in [0.15, 0.2) is 71.8 Å². The van der Waals surface area contributed by atoms with Crippen LogP contribution in [-0.4, -0.2) is 56.0 Å². The lowest BCUT2D eigenvalue weighted by molar-refractivity contribution is -0.145. The summed E-state index contributed by atoms with van der Waals surface area (Å²) in [6.45, 7) is 5.42. The fraction of sp³-hybridized carbons (Fsp3) is 0.290. The molecular formula is C31H33Cl2N3O7. The third-order valence-corrected chi connectivity index (χ3v) is 6.32. The molecule has 0 aliphatic carbocycles. The molecule has 0 unspecified atom stereocenters. The van der Waals surface area contributed by atoms with Gasteiger partial charge in [-0.25, -0.2) is 10.2 Å². The van der Waals surface area contributed by atoms with Crippen LogP contribution in [0.4, 0.5) is 0 Å². The Morgan fingerprint density at radius 3 is 2.33 bits per heavy atom. The first-order chi connectivity index (χ1) is 20.7. The Bertz CT molecular complexity index is 1420. The maximum atomic E-state index is 13.2. The van der Waals surface area contributed by atoms with Gasteiger partial charge in [-0.2, -0.15) is 5.10 Å². The van der Waals surface area contributed by atoms with Crippen molar-refractivity contribution in [3.63, 3.8) is 0 Å². The van der Waals surface area contributed by atoms with Gasteiger partial charge >= 0.3 is 5.97 Å². The van der Waals surface area contributed by atoms with Crippen LogP contribution < -0.4 is 25.0 Å². The molecule has 228 valence electrons. The number of hydrazone groups is 1. The molecule has 2 atom stereocenters. The minimum atomic E-state index is -0.963. The molecule has 0 spiro atoms. The minimum Gasteiger partial charge on any atom is -0.490 e. The first-order valence-electron chi connectivity index (χ1n) is 13.5. The quantitative estimate of drug-likeness (QED) is 0.138. The summed E-state index contributed by atoms with van der Waals surface area (Å²) in [5.41, 5.74) is 3.92. The Hall–Kier alpha value is -4.28. The third kappa shape index (κ3) is 10.8. The Morgan fingerprint density at radius 2 is 1.63 bits per heavy atom. The fourth-order valence-corrected chi connectivity index (χ4v) is 4.20. The van der Waals surface area contributed by atoms with Crippen LogP contribution in [0, 0.1) is 0 Å². The molecule has 0 saturated heterocycles. The molecule has 3 rings (SSSR count). The molecule has 3 aromatic carbocycles. The van der Waals surface area contributed by atoms with Crippen LogP contribution >= 0.6 is 23.2 Å². The van der Waals surface area contributed by atoms with E-state index >= 15 is 0 Å². The maximum absolute atomic E-state index is 13.2. The molecule has 43 heavy (non-hydrogen) atoms. The van der Waals surface area contributed by atoms with E-state index in [0.717, 1.165) is 5.56 Å². The van der Waals surface area contributed by atoms with Crippen LogP contribution in [-0.2, 0) is 25.5 Å². The van der Waals surface area contributed by atoms with E-state index in [4.69, 9.17) is 42.1 Å². The molecule has 0 aliphatic rings. The molecule has 3 aromatic rings. The number of halogens is 2. The number of benzene rings is 3. The summed E-state index contributed by atoms with van der Waals surface area (Å²) in [5, 5.41) is 7.49. The first kappa shape index (κ1) is 33.2. The molecule has 0 aromatic heterocycles. The number of rotatable bonds is 15. The van der Waals surface area contributed by atoms with E-state index in [1.54, 1.807) is 44.2 Å². The van der Waals surface area contributed by atoms with E-state index in [1.165, 1.54) is 12.3 Å². The summed E-state index contributed by atoms with van der Waals surface area (Å²) in [5.74, 6) is -0.518. The van der Waals surface area contributed by atoms with Gasteiger partial charge in [-0.3, -0.25) is 9.59 Å². The average Bonchev–Trinajstić information content (AvgIpc) is 2.98. The van der Waals surface area contributed by atoms with Gasteiger partial charge in [0.2, 0.25) is 0 Å². The SMILES string of the molecule is CCOC(=O)COc1ccc(/C=N\NC(=O)[C@@H](Cc2ccccc2)NC(=O)[C@@H](C)Oc2ccc(Cl)cc2Cl)cc1OCC. The van der Waals surface area contributed by atoms with Crippen molar-refractivity contribution in [3.05, 3.63) is 87.9 Å². The molecule has 12 heteroatoms. The summed E-state index contributed by atoms with van der Waals surface area (Å²) >= 11 is 12.1. The zero-order valence-electron chi connectivity index (χ0n) is 24.0. The van der Waals surface area contributed by atoms with Gasteiger partial charge in [0.15, 0.2) is 24.2 Å². The number of hydrogen-bond acceptors (Lipinski definition) is 8. The summed E-state index contributed by atoms with van der Waals surface area (Å²) in [6, 6.07) is 17.9. The molecule has 0 bridgehead atoms. The summed E-state index contributed by atoms with van der Waals surface area (Å²) in [4.78, 5) is 37.8. The van der Waals surface area contributed by atoms with E-state index in [0.29, 0.717) is 28.7 Å². The Labute approximate surface area is 260 Å². The van der Waals surface area contributed by atoms with Crippen LogP contribution in [0.3, 0.4) is 0 Å². The fourth-order valence-electron chi connectivity index (χ4n) is 3.74. The zero-order chi connectivity index (χ0) is 31.2. The number of esters is 1. The predicted octanol–water partition coefficient (Wildman–Crippen LogP) is 4.98. The number of nitrogens with zero attached hydrogens (tertiary/aromatic N) is 1. The molecule has 2 amide bonds. The van der Waals surface area contributed by atoms with Crippen molar-refractivity contribution in [2.45, 2.75) is 39.3 Å². The maximum Gasteiger partial charge on any atom is 0.344 e. The Kier molecular flexibility index (Phi) is 13.1. The summed E-state index contributed by atoms with van der Waals surface area (Å²) in [6.07, 6.45) is 0.670. The number of hydrogen-bond donors (Lipinski definition) is 2. The van der Waals surface area contributed by atoms with Crippen LogP contribution in [0.2, 0.25) is 10.0 Å². The smallest absolute Gasteiger partial charge is 0.344 e. The number of carbonyl (C=O) groups excluding carboxylic acids is 3. The van der Waals surface area contributed by atoms with E-state index in [-0.39, 0.29) is 30.4 Å². The lowest BCUT2D eigenvalue weighted by Gasteiger charge is -2.21. The number of amides is 2. The van der Waals surface area contributed by atoms with Crippen molar-refractivity contribution in [2.75, 3.05) is 19.8 Å². The second-order valence-electron chi connectivity index (χ2n) is 9.05. The molecule has 10 nitrogen and oxygen atoms in total. The standard InChI is InChI=1S/C31H33Cl2N3O7/c1-4-40-28-16-22(11-13-27(28)42-19-29(37)41-5-2)18-34-36-31(39)25(15-21-9-7-6-8-10-21)35-30(38)20(3)43-26-14-12-23(32)17-24(26)33/h6-14,16-18,20,25H,4-5,15,19H2,1-3H3,(H,35,38)(H,36,39)/b34-18-/t20-,25-/m1/s1. The van der Waals surface area contributed by atoms with Gasteiger partial charge in [-0.1, -0.05) is 53.5 Å². The highest BCUT2D eigenvalue weighted by atomic mass is 35.5. The van der Waals surface area contributed by atoms with Crippen molar-refractivity contribution < 1.29 is 33.3 Å². The average molecular weight is 631 g/mol. The van der Waals surface area contributed by atoms with Gasteiger partial charge in [0.1, 0.15) is 11.8 Å². The Balaban J connectivity index is 1.68. The zero-order valence-corrected chi connectivity index (χ0v) is 25.5. The van der Waals surface area contributed by atoms with E-state index in [9.17, 15) is 14.4 Å². The number of carbonyl (C=O) groups is 3. The van der Waals surface area contributed by atoms with E-state index < -0.39 is 29.9 Å². The van der Waals surface area contributed by atoms with Crippen molar-refractivity contribution in [1.29, 1.82) is 0 Å². The molecule has 0 fully saturated rings. The monoisotopic (exact) mass is 629 g/mol. The van der Waals surface area contributed by atoms with Gasteiger partial charge in [-0.15, -0.1) is 0 Å². The molecular weight excluding hydrogens is 597 g/mol. The van der Waals surface area contributed by atoms with Crippen molar-refractivity contribution in [1.82, 2.24) is 10.7 Å². The second-order valence-corrected chi connectivity index (χ2v) is 9.90. The molecule has 0 radical (unpaired) electrons. The lowest BCUT2D eigenvalue weighted by Crippen LogP contribution is -2.50. The van der Waals surface area contributed by atoms with Gasteiger partial charge in [0.25, 0.3) is 11.8 Å². The van der Waals surface area contributed by atoms with Crippen LogP contribution in [0.5, 0.6) is 17.2 Å². The third-order valence-electron chi connectivity index (χ3n) is 5.79. The van der Waals surface area contributed by atoms with Crippen molar-refractivity contribution in [3.8, 4) is 17.2 Å².